The van der Waals surface area contributed by atoms with Crippen LogP contribution in [0.25, 0.3) is 0 Å². The third-order valence-electron chi connectivity index (χ3n) is 4.24. The maximum atomic E-state index is 12.8. The summed E-state index contributed by atoms with van der Waals surface area (Å²) in [7, 11) is -1.77. The SMILES string of the molecule is COc1ccnc(N2CCC[C@@H](S(=O)(=O)N3CCOCC3)C2)n1. The van der Waals surface area contributed by atoms with Gasteiger partial charge in [-0.3, -0.25) is 0 Å². The van der Waals surface area contributed by atoms with E-state index in [1.807, 2.05) is 4.90 Å². The summed E-state index contributed by atoms with van der Waals surface area (Å²) < 4.78 is 37.6. The average Bonchev–Trinajstić information content (AvgIpc) is 2.62. The van der Waals surface area contributed by atoms with Crippen molar-refractivity contribution in [1.82, 2.24) is 14.3 Å². The zero-order valence-electron chi connectivity index (χ0n) is 13.2. The lowest BCUT2D eigenvalue weighted by atomic mass is 10.1. The first kappa shape index (κ1) is 16.4. The molecule has 0 aromatic carbocycles. The third-order valence-corrected chi connectivity index (χ3v) is 6.55. The largest absolute Gasteiger partial charge is 0.481 e. The predicted octanol–water partition coefficient (Wildman–Crippen LogP) is 0.116. The summed E-state index contributed by atoms with van der Waals surface area (Å²) in [5, 5.41) is -0.427. The minimum absolute atomic E-state index is 0.410. The van der Waals surface area contributed by atoms with Crippen molar-refractivity contribution in [2.24, 2.45) is 0 Å². The first-order chi connectivity index (χ1) is 11.1. The fraction of sp³-hybridized carbons (Fsp3) is 0.714. The molecular formula is C14H22N4O4S. The second-order valence-electron chi connectivity index (χ2n) is 5.67. The molecule has 2 saturated heterocycles. The Bertz CT molecular complexity index is 633. The van der Waals surface area contributed by atoms with Gasteiger partial charge in [-0.1, -0.05) is 0 Å². The highest BCUT2D eigenvalue weighted by molar-refractivity contribution is 7.89. The number of aromatic nitrogens is 2. The molecule has 0 saturated carbocycles. The number of ether oxygens (including phenoxy) is 2. The van der Waals surface area contributed by atoms with Gasteiger partial charge < -0.3 is 14.4 Å². The number of hydrogen-bond donors (Lipinski definition) is 0. The van der Waals surface area contributed by atoms with E-state index >= 15 is 0 Å². The quantitative estimate of drug-likeness (QED) is 0.768. The summed E-state index contributed by atoms with van der Waals surface area (Å²) in [6.45, 7) is 2.97. The first-order valence-electron chi connectivity index (χ1n) is 7.80. The van der Waals surface area contributed by atoms with Gasteiger partial charge in [-0.05, 0) is 12.8 Å². The Morgan fingerprint density at radius 1 is 1.30 bits per heavy atom. The molecular weight excluding hydrogens is 320 g/mol. The molecule has 0 radical (unpaired) electrons. The molecule has 3 heterocycles. The molecule has 2 aliphatic heterocycles. The second kappa shape index (κ2) is 6.98. The van der Waals surface area contributed by atoms with Crippen LogP contribution in [0.4, 0.5) is 5.95 Å². The molecule has 1 aromatic rings. The Balaban J connectivity index is 1.74. The lowest BCUT2D eigenvalue weighted by molar-refractivity contribution is 0.0725. The number of methoxy groups -OCH3 is 1. The number of anilines is 1. The molecule has 2 fully saturated rings. The summed E-state index contributed by atoms with van der Waals surface area (Å²) in [6, 6.07) is 1.68. The summed E-state index contributed by atoms with van der Waals surface area (Å²) in [4.78, 5) is 10.5. The van der Waals surface area contributed by atoms with E-state index in [9.17, 15) is 8.42 Å². The van der Waals surface area contributed by atoms with Crippen molar-refractivity contribution in [3.8, 4) is 5.88 Å². The molecule has 9 heteroatoms. The van der Waals surface area contributed by atoms with Crippen molar-refractivity contribution in [3.63, 3.8) is 0 Å². The molecule has 23 heavy (non-hydrogen) atoms. The highest BCUT2D eigenvalue weighted by Gasteiger charge is 2.36. The number of nitrogens with zero attached hydrogens (tertiary/aromatic N) is 4. The van der Waals surface area contributed by atoms with Crippen LogP contribution in [0.2, 0.25) is 0 Å². The van der Waals surface area contributed by atoms with Crippen molar-refractivity contribution in [2.45, 2.75) is 18.1 Å². The lowest BCUT2D eigenvalue weighted by Gasteiger charge is -2.36. The molecule has 1 atom stereocenters. The third kappa shape index (κ3) is 3.56. The van der Waals surface area contributed by atoms with Crippen LogP contribution in [0.5, 0.6) is 5.88 Å². The molecule has 0 bridgehead atoms. The number of morpholine rings is 1. The highest BCUT2D eigenvalue weighted by Crippen LogP contribution is 2.24. The fourth-order valence-electron chi connectivity index (χ4n) is 2.97. The maximum absolute atomic E-state index is 12.8. The van der Waals surface area contributed by atoms with E-state index in [0.717, 1.165) is 13.0 Å². The highest BCUT2D eigenvalue weighted by atomic mass is 32.2. The van der Waals surface area contributed by atoms with E-state index in [1.165, 1.54) is 0 Å². The molecule has 2 aliphatic rings. The monoisotopic (exact) mass is 342 g/mol. The van der Waals surface area contributed by atoms with E-state index in [1.54, 1.807) is 23.7 Å². The van der Waals surface area contributed by atoms with Crippen molar-refractivity contribution >= 4 is 16.0 Å². The molecule has 0 aliphatic carbocycles. The summed E-state index contributed by atoms with van der Waals surface area (Å²) in [5.41, 5.74) is 0. The lowest BCUT2D eigenvalue weighted by Crippen LogP contribution is -2.51. The number of sulfonamides is 1. The Labute approximate surface area is 136 Å². The minimum atomic E-state index is -3.32. The van der Waals surface area contributed by atoms with Crippen molar-refractivity contribution in [1.29, 1.82) is 0 Å². The molecule has 0 amide bonds. The molecule has 1 aromatic heterocycles. The van der Waals surface area contributed by atoms with E-state index in [2.05, 4.69) is 9.97 Å². The summed E-state index contributed by atoms with van der Waals surface area (Å²) in [5.74, 6) is 0.999. The smallest absolute Gasteiger partial charge is 0.228 e. The van der Waals surface area contributed by atoms with Crippen LogP contribution in [0.15, 0.2) is 12.3 Å². The van der Waals surface area contributed by atoms with E-state index in [-0.39, 0.29) is 0 Å². The Kier molecular flexibility index (Phi) is 4.98. The van der Waals surface area contributed by atoms with Gasteiger partial charge in [0, 0.05) is 38.4 Å². The maximum Gasteiger partial charge on any atom is 0.228 e. The van der Waals surface area contributed by atoms with Gasteiger partial charge in [-0.25, -0.2) is 13.4 Å². The molecule has 0 spiro atoms. The summed E-state index contributed by atoms with van der Waals surface area (Å²) >= 11 is 0. The Hall–Kier alpha value is -1.45. The van der Waals surface area contributed by atoms with Crippen LogP contribution >= 0.6 is 0 Å². The van der Waals surface area contributed by atoms with Crippen molar-refractivity contribution < 1.29 is 17.9 Å². The van der Waals surface area contributed by atoms with Gasteiger partial charge in [0.25, 0.3) is 0 Å². The van der Waals surface area contributed by atoms with Gasteiger partial charge >= 0.3 is 0 Å². The number of piperidine rings is 1. The average molecular weight is 342 g/mol. The van der Waals surface area contributed by atoms with Gasteiger partial charge in [-0.2, -0.15) is 9.29 Å². The molecule has 8 nitrogen and oxygen atoms in total. The van der Waals surface area contributed by atoms with Crippen LogP contribution < -0.4 is 9.64 Å². The molecule has 3 rings (SSSR count). The second-order valence-corrected chi connectivity index (χ2v) is 7.88. The fourth-order valence-corrected chi connectivity index (χ4v) is 4.89. The van der Waals surface area contributed by atoms with Gasteiger partial charge in [-0.15, -0.1) is 0 Å². The normalized spacial score (nSPS) is 23.7. The Morgan fingerprint density at radius 2 is 2.09 bits per heavy atom. The molecule has 0 unspecified atom stereocenters. The van der Waals surface area contributed by atoms with E-state index in [0.29, 0.717) is 51.1 Å². The number of rotatable bonds is 4. The predicted molar refractivity (Wildman–Crippen MR) is 85.1 cm³/mol. The van der Waals surface area contributed by atoms with E-state index in [4.69, 9.17) is 9.47 Å². The standard InChI is InChI=1S/C14H22N4O4S/c1-21-13-4-5-15-14(16-13)17-6-2-3-12(11-17)23(19,20)18-7-9-22-10-8-18/h4-5,12H,2-3,6-11H2,1H3/t12-/m1/s1. The van der Waals surface area contributed by atoms with Crippen molar-refractivity contribution in [2.75, 3.05) is 51.4 Å². The van der Waals surface area contributed by atoms with Crippen LogP contribution in [0, 0.1) is 0 Å². The topological polar surface area (TPSA) is 84.9 Å². The van der Waals surface area contributed by atoms with Crippen LogP contribution in [0.1, 0.15) is 12.8 Å². The van der Waals surface area contributed by atoms with Gasteiger partial charge in [0.1, 0.15) is 0 Å². The summed E-state index contributed by atoms with van der Waals surface area (Å²) in [6.07, 6.45) is 3.09. The zero-order chi connectivity index (χ0) is 16.3. The van der Waals surface area contributed by atoms with Crippen LogP contribution in [-0.4, -0.2) is 74.4 Å². The van der Waals surface area contributed by atoms with E-state index < -0.39 is 15.3 Å². The van der Waals surface area contributed by atoms with Gasteiger partial charge in [0.15, 0.2) is 0 Å². The van der Waals surface area contributed by atoms with Gasteiger partial charge in [0.05, 0.1) is 25.6 Å². The molecule has 128 valence electrons. The Morgan fingerprint density at radius 3 is 2.83 bits per heavy atom. The number of hydrogen-bond acceptors (Lipinski definition) is 7. The van der Waals surface area contributed by atoms with Crippen LogP contribution in [0.3, 0.4) is 0 Å². The first-order valence-corrected chi connectivity index (χ1v) is 9.30. The van der Waals surface area contributed by atoms with Crippen molar-refractivity contribution in [3.05, 3.63) is 12.3 Å². The van der Waals surface area contributed by atoms with Gasteiger partial charge in [0.2, 0.25) is 21.9 Å². The van der Waals surface area contributed by atoms with Crippen LogP contribution in [-0.2, 0) is 14.8 Å². The zero-order valence-corrected chi connectivity index (χ0v) is 14.0. The molecule has 0 N–H and O–H groups in total. The minimum Gasteiger partial charge on any atom is -0.481 e.